The number of nitrogens with zero attached hydrogens (tertiary/aromatic N) is 1. The normalized spacial score (nSPS) is 10.8. The third-order valence-electron chi connectivity index (χ3n) is 4.30. The van der Waals surface area contributed by atoms with Crippen LogP contribution in [0.3, 0.4) is 0 Å². The number of aryl methyl sites for hydroxylation is 2. The number of carbonyl (C=O) groups excluding carboxylic acids is 1. The first kappa shape index (κ1) is 16.5. The Bertz CT molecular complexity index is 1090. The molecule has 0 aliphatic rings. The molecular weight excluding hydrogens is 342 g/mol. The van der Waals surface area contributed by atoms with Gasteiger partial charge in [-0.25, -0.2) is 4.98 Å². The highest BCUT2D eigenvalue weighted by Gasteiger charge is 2.11. The monoisotopic (exact) mass is 359 g/mol. The highest BCUT2D eigenvalue weighted by atomic mass is 32.1. The molecule has 4 aromatic rings. The largest absolute Gasteiger partial charge is 0.453 e. The molecule has 0 spiro atoms. The number of carbonyl (C=O) groups is 1. The third-order valence-corrected chi connectivity index (χ3v) is 5.19. The quantitative estimate of drug-likeness (QED) is 0.409. The Labute approximate surface area is 156 Å². The van der Waals surface area contributed by atoms with Crippen LogP contribution in [-0.2, 0) is 0 Å². The van der Waals surface area contributed by atoms with Gasteiger partial charge in [0.2, 0.25) is 0 Å². The Balaban J connectivity index is 1.69. The first-order valence-corrected chi connectivity index (χ1v) is 9.21. The van der Waals surface area contributed by atoms with Crippen molar-refractivity contribution in [1.29, 1.82) is 0 Å². The van der Waals surface area contributed by atoms with E-state index in [9.17, 15) is 4.79 Å². The predicted octanol–water partition coefficient (Wildman–Crippen LogP) is 6.17. The fourth-order valence-electron chi connectivity index (χ4n) is 3.01. The minimum absolute atomic E-state index is 0.330. The van der Waals surface area contributed by atoms with Gasteiger partial charge in [-0.3, -0.25) is 4.79 Å². The molecule has 0 unspecified atom stereocenters. The average molecular weight is 359 g/mol. The molecule has 0 amide bonds. The van der Waals surface area contributed by atoms with Gasteiger partial charge < -0.3 is 4.42 Å². The van der Waals surface area contributed by atoms with Crippen molar-refractivity contribution < 1.29 is 9.21 Å². The van der Waals surface area contributed by atoms with Crippen LogP contribution in [-0.4, -0.2) is 11.3 Å². The molecule has 4 rings (SSSR count). The zero-order valence-corrected chi connectivity index (χ0v) is 15.3. The highest BCUT2D eigenvalue weighted by molar-refractivity contribution is 7.13. The molecule has 26 heavy (non-hydrogen) atoms. The maximum atomic E-state index is 10.8. The summed E-state index contributed by atoms with van der Waals surface area (Å²) in [5.74, 6) is 1.01. The van der Waals surface area contributed by atoms with E-state index in [1.807, 2.05) is 30.3 Å². The van der Waals surface area contributed by atoms with Crippen LogP contribution in [0.5, 0.6) is 0 Å². The number of benzene rings is 2. The van der Waals surface area contributed by atoms with Gasteiger partial charge in [-0.05, 0) is 37.6 Å². The molecule has 2 heterocycles. The summed E-state index contributed by atoms with van der Waals surface area (Å²) in [6.45, 7) is 4.21. The van der Waals surface area contributed by atoms with Crippen molar-refractivity contribution in [3.63, 3.8) is 0 Å². The van der Waals surface area contributed by atoms with Crippen LogP contribution in [0, 0.1) is 13.8 Å². The van der Waals surface area contributed by atoms with Crippen LogP contribution in [0.25, 0.3) is 33.2 Å². The van der Waals surface area contributed by atoms with Gasteiger partial charge >= 0.3 is 0 Å². The second kappa shape index (κ2) is 6.73. The average Bonchev–Trinajstić information content (AvgIpc) is 3.31. The van der Waals surface area contributed by atoms with Crippen molar-refractivity contribution in [1.82, 2.24) is 4.98 Å². The third kappa shape index (κ3) is 3.11. The van der Waals surface area contributed by atoms with Gasteiger partial charge in [0.25, 0.3) is 0 Å². The van der Waals surface area contributed by atoms with E-state index in [-0.39, 0.29) is 0 Å². The zero-order valence-electron chi connectivity index (χ0n) is 14.5. The fourth-order valence-corrected chi connectivity index (χ4v) is 3.82. The number of aldehydes is 1. The van der Waals surface area contributed by atoms with Gasteiger partial charge in [0.05, 0.1) is 5.69 Å². The topological polar surface area (TPSA) is 43.1 Å². The van der Waals surface area contributed by atoms with Crippen LogP contribution in [0.4, 0.5) is 0 Å². The summed E-state index contributed by atoms with van der Waals surface area (Å²) in [4.78, 5) is 15.7. The summed E-state index contributed by atoms with van der Waals surface area (Å²) in [5.41, 5.74) is 6.60. The number of thiazole rings is 1. The molecule has 0 atom stereocenters. The minimum atomic E-state index is 0.330. The Morgan fingerprint density at radius 2 is 1.85 bits per heavy atom. The van der Waals surface area contributed by atoms with Crippen LogP contribution >= 0.6 is 11.3 Å². The first-order chi connectivity index (χ1) is 12.6. The Morgan fingerprint density at radius 1 is 1.00 bits per heavy atom. The van der Waals surface area contributed by atoms with E-state index in [0.717, 1.165) is 27.4 Å². The summed E-state index contributed by atoms with van der Waals surface area (Å²) >= 11 is 1.63. The van der Waals surface area contributed by atoms with Gasteiger partial charge in [0, 0.05) is 22.1 Å². The summed E-state index contributed by atoms with van der Waals surface area (Å²) < 4.78 is 5.53. The second-order valence-electron chi connectivity index (χ2n) is 6.26. The maximum absolute atomic E-state index is 10.8. The second-order valence-corrected chi connectivity index (χ2v) is 7.12. The fraction of sp³-hybridized carbons (Fsp3) is 0.0909. The van der Waals surface area contributed by atoms with Gasteiger partial charge in [-0.15, -0.1) is 11.3 Å². The van der Waals surface area contributed by atoms with Crippen molar-refractivity contribution in [2.75, 3.05) is 0 Å². The molecule has 128 valence electrons. The summed E-state index contributed by atoms with van der Waals surface area (Å²) in [7, 11) is 0. The number of hydrogen-bond acceptors (Lipinski definition) is 4. The van der Waals surface area contributed by atoms with E-state index in [1.54, 1.807) is 17.4 Å². The molecule has 0 fully saturated rings. The van der Waals surface area contributed by atoms with Crippen molar-refractivity contribution in [3.05, 3.63) is 76.9 Å². The summed E-state index contributed by atoms with van der Waals surface area (Å²) in [5, 5.41) is 3.06. The van der Waals surface area contributed by atoms with Crippen LogP contribution < -0.4 is 0 Å². The van der Waals surface area contributed by atoms with E-state index in [1.165, 1.54) is 11.1 Å². The Morgan fingerprint density at radius 3 is 2.62 bits per heavy atom. The van der Waals surface area contributed by atoms with Crippen molar-refractivity contribution in [2.24, 2.45) is 0 Å². The van der Waals surface area contributed by atoms with E-state index in [4.69, 9.17) is 9.40 Å². The first-order valence-electron chi connectivity index (χ1n) is 8.33. The highest BCUT2D eigenvalue weighted by Crippen LogP contribution is 2.33. The van der Waals surface area contributed by atoms with Gasteiger partial charge in [-0.2, -0.15) is 0 Å². The lowest BCUT2D eigenvalue weighted by molar-refractivity contribution is 0.110. The number of rotatable bonds is 4. The van der Waals surface area contributed by atoms with Crippen molar-refractivity contribution in [2.45, 2.75) is 13.8 Å². The van der Waals surface area contributed by atoms with E-state index in [2.05, 4.69) is 37.4 Å². The summed E-state index contributed by atoms with van der Waals surface area (Å²) in [6, 6.07) is 17.9. The minimum Gasteiger partial charge on any atom is -0.453 e. The lowest BCUT2D eigenvalue weighted by atomic mass is 10.0. The van der Waals surface area contributed by atoms with Crippen LogP contribution in [0.2, 0.25) is 0 Å². The smallest absolute Gasteiger partial charge is 0.185 e. The SMILES string of the molecule is Cc1ccc(-c2csc(-c3cccc(-c4ccc(C=O)o4)c3)n2)c(C)c1. The molecule has 2 aromatic heterocycles. The molecule has 0 bridgehead atoms. The van der Waals surface area contributed by atoms with Gasteiger partial charge in [0.1, 0.15) is 10.8 Å². The molecule has 2 aromatic carbocycles. The molecule has 0 saturated heterocycles. The van der Waals surface area contributed by atoms with Crippen LogP contribution in [0.15, 0.2) is 64.4 Å². The molecule has 0 N–H and O–H groups in total. The van der Waals surface area contributed by atoms with E-state index >= 15 is 0 Å². The van der Waals surface area contributed by atoms with Gasteiger partial charge in [-0.1, -0.05) is 42.0 Å². The number of hydrogen-bond donors (Lipinski definition) is 0. The standard InChI is InChI=1S/C22H17NO2S/c1-14-6-8-19(15(2)10-14)20-13-26-22(23-20)17-5-3-4-16(11-17)21-9-7-18(12-24)25-21/h3-13H,1-2H3. The predicted molar refractivity (Wildman–Crippen MR) is 106 cm³/mol. The van der Waals surface area contributed by atoms with E-state index in [0.29, 0.717) is 17.8 Å². The Hall–Kier alpha value is -2.98. The van der Waals surface area contributed by atoms with Crippen LogP contribution in [0.1, 0.15) is 21.7 Å². The van der Waals surface area contributed by atoms with Gasteiger partial charge in [0.15, 0.2) is 12.0 Å². The Kier molecular flexibility index (Phi) is 4.27. The summed E-state index contributed by atoms with van der Waals surface area (Å²) in [6.07, 6.45) is 0.713. The zero-order chi connectivity index (χ0) is 18.1. The lowest BCUT2D eigenvalue weighted by Crippen LogP contribution is -1.85. The molecule has 4 heteroatoms. The lowest BCUT2D eigenvalue weighted by Gasteiger charge is -2.04. The molecule has 0 radical (unpaired) electrons. The molecule has 3 nitrogen and oxygen atoms in total. The van der Waals surface area contributed by atoms with Crippen molar-refractivity contribution in [3.8, 4) is 33.2 Å². The maximum Gasteiger partial charge on any atom is 0.185 e. The van der Waals surface area contributed by atoms with E-state index < -0.39 is 0 Å². The molecular formula is C22H17NO2S. The molecule has 0 saturated carbocycles. The number of furan rings is 1. The number of aromatic nitrogens is 1. The van der Waals surface area contributed by atoms with Crippen molar-refractivity contribution >= 4 is 17.6 Å². The molecule has 0 aliphatic heterocycles. The molecule has 0 aliphatic carbocycles.